The van der Waals surface area contributed by atoms with Gasteiger partial charge in [0.1, 0.15) is 0 Å². The quantitative estimate of drug-likeness (QED) is 0.719. The molecule has 1 aromatic carbocycles. The highest BCUT2D eigenvalue weighted by molar-refractivity contribution is 6.30. The Morgan fingerprint density at radius 1 is 1.07 bits per heavy atom. The number of benzene rings is 1. The van der Waals surface area contributed by atoms with Gasteiger partial charge in [0.15, 0.2) is 0 Å². The number of rotatable bonds is 2. The monoisotopic (exact) mass is 223 g/mol. The average Bonchev–Trinajstić information content (AvgIpc) is 2.53. The first kappa shape index (κ1) is 10.2. The highest BCUT2D eigenvalue weighted by atomic mass is 35.5. The molecule has 0 bridgehead atoms. The first-order chi connectivity index (χ1) is 7.16. The van der Waals surface area contributed by atoms with Gasteiger partial charge in [-0.1, -0.05) is 23.7 Å². The second kappa shape index (κ2) is 4.03. The molecule has 0 N–H and O–H groups in total. The van der Waals surface area contributed by atoms with Crippen molar-refractivity contribution in [3.8, 4) is 0 Å². The minimum absolute atomic E-state index is 0.0880. The predicted octanol–water partition coefficient (Wildman–Crippen LogP) is 1.99. The van der Waals surface area contributed by atoms with Gasteiger partial charge < -0.3 is 0 Å². The van der Waals surface area contributed by atoms with Crippen LogP contribution in [0.5, 0.6) is 0 Å². The van der Waals surface area contributed by atoms with Gasteiger partial charge in [-0.2, -0.15) is 0 Å². The van der Waals surface area contributed by atoms with E-state index in [0.29, 0.717) is 24.4 Å². The van der Waals surface area contributed by atoms with Crippen LogP contribution < -0.4 is 0 Å². The average molecular weight is 224 g/mol. The number of hydrogen-bond donors (Lipinski definition) is 0. The van der Waals surface area contributed by atoms with Crippen LogP contribution in [-0.4, -0.2) is 16.7 Å². The SMILES string of the molecule is O=C1CCC(=O)N1Cc1ccc(Cl)cc1. The first-order valence-corrected chi connectivity index (χ1v) is 5.12. The summed E-state index contributed by atoms with van der Waals surface area (Å²) in [7, 11) is 0. The van der Waals surface area contributed by atoms with Crippen LogP contribution in [0.1, 0.15) is 18.4 Å². The topological polar surface area (TPSA) is 37.4 Å². The molecular formula is C11H10ClNO2. The van der Waals surface area contributed by atoms with E-state index in [1.54, 1.807) is 12.1 Å². The lowest BCUT2D eigenvalue weighted by Crippen LogP contribution is -2.28. The first-order valence-electron chi connectivity index (χ1n) is 4.74. The zero-order valence-corrected chi connectivity index (χ0v) is 8.83. The van der Waals surface area contributed by atoms with Crippen molar-refractivity contribution in [1.82, 2.24) is 4.90 Å². The summed E-state index contributed by atoms with van der Waals surface area (Å²) < 4.78 is 0. The van der Waals surface area contributed by atoms with Crippen molar-refractivity contribution in [2.45, 2.75) is 19.4 Å². The Morgan fingerprint density at radius 2 is 1.60 bits per heavy atom. The van der Waals surface area contributed by atoms with Crippen molar-refractivity contribution < 1.29 is 9.59 Å². The Kier molecular flexibility index (Phi) is 2.73. The third-order valence-corrected chi connectivity index (χ3v) is 2.66. The molecule has 1 aliphatic rings. The van der Waals surface area contributed by atoms with Gasteiger partial charge in [-0.05, 0) is 17.7 Å². The molecule has 0 radical (unpaired) electrons. The summed E-state index contributed by atoms with van der Waals surface area (Å²) in [5, 5.41) is 0.651. The Balaban J connectivity index is 2.11. The molecule has 0 aliphatic carbocycles. The highest BCUT2D eigenvalue weighted by Crippen LogP contribution is 2.17. The standard InChI is InChI=1S/C11H10ClNO2/c12-9-3-1-8(2-4-9)7-13-10(14)5-6-11(13)15/h1-4H,5-7H2. The molecular weight excluding hydrogens is 214 g/mol. The van der Waals surface area contributed by atoms with E-state index in [1.165, 1.54) is 4.90 Å². The van der Waals surface area contributed by atoms with E-state index in [-0.39, 0.29) is 11.8 Å². The molecule has 78 valence electrons. The van der Waals surface area contributed by atoms with Gasteiger partial charge in [-0.15, -0.1) is 0 Å². The summed E-state index contributed by atoms with van der Waals surface area (Å²) in [5.41, 5.74) is 0.919. The van der Waals surface area contributed by atoms with Crippen molar-refractivity contribution in [3.63, 3.8) is 0 Å². The second-order valence-corrected chi connectivity index (χ2v) is 3.94. The van der Waals surface area contributed by atoms with E-state index in [9.17, 15) is 9.59 Å². The van der Waals surface area contributed by atoms with E-state index in [1.807, 2.05) is 12.1 Å². The van der Waals surface area contributed by atoms with Gasteiger partial charge in [-0.25, -0.2) is 0 Å². The molecule has 1 aromatic rings. The number of carbonyl (C=O) groups excluding carboxylic acids is 2. The zero-order chi connectivity index (χ0) is 10.8. The minimum Gasteiger partial charge on any atom is -0.278 e. The zero-order valence-electron chi connectivity index (χ0n) is 8.07. The molecule has 0 spiro atoms. The number of likely N-dealkylation sites (tertiary alicyclic amines) is 1. The fraction of sp³-hybridized carbons (Fsp3) is 0.273. The van der Waals surface area contributed by atoms with E-state index in [4.69, 9.17) is 11.6 Å². The summed E-state index contributed by atoms with van der Waals surface area (Å²) in [6.07, 6.45) is 0.679. The Bertz CT molecular complexity index is 384. The fourth-order valence-electron chi connectivity index (χ4n) is 1.57. The molecule has 3 nitrogen and oxygen atoms in total. The van der Waals surface area contributed by atoms with Crippen molar-refractivity contribution in [1.29, 1.82) is 0 Å². The van der Waals surface area contributed by atoms with Gasteiger partial charge in [0.2, 0.25) is 11.8 Å². The molecule has 2 amide bonds. The van der Waals surface area contributed by atoms with Crippen LogP contribution in [0.2, 0.25) is 5.02 Å². The predicted molar refractivity (Wildman–Crippen MR) is 56.2 cm³/mol. The Hall–Kier alpha value is -1.35. The van der Waals surface area contributed by atoms with Crippen LogP contribution in [0.25, 0.3) is 0 Å². The van der Waals surface area contributed by atoms with Gasteiger partial charge in [0.05, 0.1) is 6.54 Å². The third-order valence-electron chi connectivity index (χ3n) is 2.41. The molecule has 1 heterocycles. The van der Waals surface area contributed by atoms with Crippen LogP contribution in [0, 0.1) is 0 Å². The normalized spacial score (nSPS) is 16.2. The maximum atomic E-state index is 11.3. The largest absolute Gasteiger partial charge is 0.278 e. The van der Waals surface area contributed by atoms with Crippen LogP contribution in [0.4, 0.5) is 0 Å². The second-order valence-electron chi connectivity index (χ2n) is 3.50. The Labute approximate surface area is 92.6 Å². The molecule has 2 rings (SSSR count). The molecule has 1 fully saturated rings. The molecule has 15 heavy (non-hydrogen) atoms. The van der Waals surface area contributed by atoms with Crippen LogP contribution in [0.3, 0.4) is 0 Å². The van der Waals surface area contributed by atoms with Gasteiger partial charge in [0, 0.05) is 17.9 Å². The Morgan fingerprint density at radius 3 is 2.13 bits per heavy atom. The number of nitrogens with zero attached hydrogens (tertiary/aromatic N) is 1. The van der Waals surface area contributed by atoms with Crippen LogP contribution in [-0.2, 0) is 16.1 Å². The van der Waals surface area contributed by atoms with Gasteiger partial charge in [-0.3, -0.25) is 14.5 Å². The third kappa shape index (κ3) is 2.18. The maximum absolute atomic E-state index is 11.3. The maximum Gasteiger partial charge on any atom is 0.229 e. The summed E-state index contributed by atoms with van der Waals surface area (Å²) in [6.45, 7) is 0.356. The molecule has 0 atom stereocenters. The van der Waals surface area contributed by atoms with Gasteiger partial charge >= 0.3 is 0 Å². The summed E-state index contributed by atoms with van der Waals surface area (Å²) in [5.74, 6) is -0.176. The number of imide groups is 1. The summed E-state index contributed by atoms with van der Waals surface area (Å²) in [4.78, 5) is 24.0. The molecule has 4 heteroatoms. The number of halogens is 1. The lowest BCUT2D eigenvalue weighted by Gasteiger charge is -2.13. The lowest BCUT2D eigenvalue weighted by molar-refractivity contribution is -0.139. The highest BCUT2D eigenvalue weighted by Gasteiger charge is 2.28. The molecule has 0 aromatic heterocycles. The van der Waals surface area contributed by atoms with Crippen molar-refractivity contribution in [2.24, 2.45) is 0 Å². The number of hydrogen-bond acceptors (Lipinski definition) is 2. The van der Waals surface area contributed by atoms with Crippen molar-refractivity contribution in [2.75, 3.05) is 0 Å². The van der Waals surface area contributed by atoms with E-state index in [0.717, 1.165) is 5.56 Å². The minimum atomic E-state index is -0.0880. The van der Waals surface area contributed by atoms with Crippen LogP contribution >= 0.6 is 11.6 Å². The number of amides is 2. The molecule has 1 aliphatic heterocycles. The molecule has 0 unspecified atom stereocenters. The smallest absolute Gasteiger partial charge is 0.229 e. The summed E-state index contributed by atoms with van der Waals surface area (Å²) in [6, 6.07) is 7.15. The molecule has 0 saturated carbocycles. The van der Waals surface area contributed by atoms with Crippen molar-refractivity contribution >= 4 is 23.4 Å². The van der Waals surface area contributed by atoms with Crippen molar-refractivity contribution in [3.05, 3.63) is 34.9 Å². The van der Waals surface area contributed by atoms with E-state index >= 15 is 0 Å². The number of carbonyl (C=O) groups is 2. The fourth-order valence-corrected chi connectivity index (χ4v) is 1.70. The van der Waals surface area contributed by atoms with Crippen LogP contribution in [0.15, 0.2) is 24.3 Å². The molecule has 1 saturated heterocycles. The van der Waals surface area contributed by atoms with Gasteiger partial charge in [0.25, 0.3) is 0 Å². The lowest BCUT2D eigenvalue weighted by atomic mass is 10.2. The summed E-state index contributed by atoms with van der Waals surface area (Å²) >= 11 is 5.74. The van der Waals surface area contributed by atoms with E-state index < -0.39 is 0 Å². The van der Waals surface area contributed by atoms with E-state index in [2.05, 4.69) is 0 Å².